The van der Waals surface area contributed by atoms with Gasteiger partial charge in [0.2, 0.25) is 0 Å². The minimum absolute atomic E-state index is 0.0903. The first-order chi connectivity index (χ1) is 8.00. The Labute approximate surface area is 98.1 Å². The van der Waals surface area contributed by atoms with Gasteiger partial charge in [0.15, 0.2) is 0 Å². The van der Waals surface area contributed by atoms with Gasteiger partial charge in [-0.25, -0.2) is 0 Å². The van der Waals surface area contributed by atoms with E-state index in [-0.39, 0.29) is 12.8 Å². The van der Waals surface area contributed by atoms with Crippen LogP contribution >= 0.6 is 0 Å². The van der Waals surface area contributed by atoms with Crippen molar-refractivity contribution in [2.45, 2.75) is 18.9 Å². The Balaban J connectivity index is 2.67. The highest BCUT2D eigenvalue weighted by molar-refractivity contribution is 5.76. The third-order valence-corrected chi connectivity index (χ3v) is 2.44. The Hall–Kier alpha value is -1.95. The highest BCUT2D eigenvalue weighted by Crippen LogP contribution is 2.13. The van der Waals surface area contributed by atoms with Crippen LogP contribution in [0.15, 0.2) is 24.5 Å². The van der Waals surface area contributed by atoms with E-state index >= 15 is 0 Å². The third kappa shape index (κ3) is 4.20. The molecule has 6 nitrogen and oxygen atoms in total. The van der Waals surface area contributed by atoms with Gasteiger partial charge in [-0.3, -0.25) is 14.6 Å². The van der Waals surface area contributed by atoms with Crippen LogP contribution in [0.5, 0.6) is 0 Å². The van der Waals surface area contributed by atoms with E-state index in [9.17, 15) is 9.59 Å². The molecule has 17 heavy (non-hydrogen) atoms. The zero-order valence-corrected chi connectivity index (χ0v) is 9.11. The Morgan fingerprint density at radius 3 is 2.29 bits per heavy atom. The average molecular weight is 238 g/mol. The van der Waals surface area contributed by atoms with Crippen LogP contribution in [0.25, 0.3) is 0 Å². The molecule has 1 heterocycles. The molecule has 4 N–H and O–H groups in total. The average Bonchev–Trinajstić information content (AvgIpc) is 2.29. The number of nitrogens with zero attached hydrogens (tertiary/aromatic N) is 1. The molecule has 92 valence electrons. The van der Waals surface area contributed by atoms with E-state index in [1.165, 1.54) is 0 Å². The Morgan fingerprint density at radius 2 is 1.82 bits per heavy atom. The molecule has 0 aliphatic heterocycles. The zero-order chi connectivity index (χ0) is 12.8. The summed E-state index contributed by atoms with van der Waals surface area (Å²) in [6.45, 7) is 0. The van der Waals surface area contributed by atoms with Crippen LogP contribution in [0.2, 0.25) is 0 Å². The number of aliphatic carboxylic acids is 2. The van der Waals surface area contributed by atoms with Crippen molar-refractivity contribution < 1.29 is 19.8 Å². The third-order valence-electron chi connectivity index (χ3n) is 2.44. The molecule has 0 fully saturated rings. The molecule has 0 aliphatic rings. The number of hydrogen-bond acceptors (Lipinski definition) is 4. The molecule has 0 spiro atoms. The maximum Gasteiger partial charge on any atom is 0.320 e. The summed E-state index contributed by atoms with van der Waals surface area (Å²) in [4.78, 5) is 25.4. The van der Waals surface area contributed by atoms with Crippen molar-refractivity contribution in [3.63, 3.8) is 0 Å². The number of aromatic nitrogens is 1. The fourth-order valence-corrected chi connectivity index (χ4v) is 1.48. The summed E-state index contributed by atoms with van der Waals surface area (Å²) in [6, 6.07) is 2.24. The van der Waals surface area contributed by atoms with Gasteiger partial charge in [0.05, 0.1) is 5.92 Å². The summed E-state index contributed by atoms with van der Waals surface area (Å²) in [6.07, 6.45) is 3.28. The SMILES string of the molecule is N[C@H](C[C@@H](Cc1ccncc1)C(=O)O)C(=O)O. The number of hydrogen-bond donors (Lipinski definition) is 3. The fraction of sp³-hybridized carbons (Fsp3) is 0.364. The molecule has 0 unspecified atom stereocenters. The van der Waals surface area contributed by atoms with E-state index in [0.29, 0.717) is 0 Å². The molecular formula is C11H14N2O4. The van der Waals surface area contributed by atoms with Gasteiger partial charge in [-0.15, -0.1) is 0 Å². The smallest absolute Gasteiger partial charge is 0.320 e. The van der Waals surface area contributed by atoms with Crippen LogP contribution in [-0.2, 0) is 16.0 Å². The number of carboxylic acid groups (broad SMARTS) is 2. The van der Waals surface area contributed by atoms with Crippen molar-refractivity contribution in [3.8, 4) is 0 Å². The van der Waals surface area contributed by atoms with E-state index in [4.69, 9.17) is 15.9 Å². The van der Waals surface area contributed by atoms with Gasteiger partial charge in [0, 0.05) is 12.4 Å². The standard InChI is InChI=1S/C11H14N2O4/c12-9(11(16)17)6-8(10(14)15)5-7-1-3-13-4-2-7/h1-4,8-9H,5-6,12H2,(H,14,15)(H,16,17)/t8-,9-/m1/s1. The predicted octanol–water partition coefficient (Wildman–Crippen LogP) is 0.127. The van der Waals surface area contributed by atoms with E-state index in [1.54, 1.807) is 24.5 Å². The molecule has 1 rings (SSSR count). The lowest BCUT2D eigenvalue weighted by atomic mass is 9.93. The fourth-order valence-electron chi connectivity index (χ4n) is 1.48. The molecule has 0 aromatic carbocycles. The second-order valence-electron chi connectivity index (χ2n) is 3.78. The Bertz CT molecular complexity index is 394. The van der Waals surface area contributed by atoms with Crippen LogP contribution in [0, 0.1) is 5.92 Å². The first-order valence-electron chi connectivity index (χ1n) is 5.10. The van der Waals surface area contributed by atoms with Gasteiger partial charge in [-0.1, -0.05) is 0 Å². The predicted molar refractivity (Wildman–Crippen MR) is 59.3 cm³/mol. The molecule has 1 aromatic rings. The van der Waals surface area contributed by atoms with Gasteiger partial charge < -0.3 is 15.9 Å². The molecule has 0 radical (unpaired) electrons. The van der Waals surface area contributed by atoms with Crippen molar-refractivity contribution in [1.29, 1.82) is 0 Å². The Morgan fingerprint density at radius 1 is 1.24 bits per heavy atom. The van der Waals surface area contributed by atoms with Gasteiger partial charge in [-0.05, 0) is 30.5 Å². The maximum atomic E-state index is 11.0. The quantitative estimate of drug-likeness (QED) is 0.649. The molecule has 0 saturated heterocycles. The number of nitrogens with two attached hydrogens (primary N) is 1. The van der Waals surface area contributed by atoms with Crippen LogP contribution in [0.1, 0.15) is 12.0 Å². The first-order valence-corrected chi connectivity index (χ1v) is 5.10. The van der Waals surface area contributed by atoms with E-state index in [0.717, 1.165) is 5.56 Å². The minimum atomic E-state index is -1.19. The summed E-state index contributed by atoms with van der Waals surface area (Å²) in [5, 5.41) is 17.7. The summed E-state index contributed by atoms with van der Waals surface area (Å²) < 4.78 is 0. The maximum absolute atomic E-state index is 11.0. The topological polar surface area (TPSA) is 114 Å². The lowest BCUT2D eigenvalue weighted by Crippen LogP contribution is -2.35. The van der Waals surface area contributed by atoms with E-state index in [2.05, 4.69) is 4.98 Å². The van der Waals surface area contributed by atoms with Crippen LogP contribution < -0.4 is 5.73 Å². The molecule has 0 amide bonds. The molecule has 0 bridgehead atoms. The second kappa shape index (κ2) is 5.95. The number of carboxylic acids is 2. The van der Waals surface area contributed by atoms with Gasteiger partial charge in [0.25, 0.3) is 0 Å². The van der Waals surface area contributed by atoms with Crippen LogP contribution in [0.3, 0.4) is 0 Å². The molecule has 0 saturated carbocycles. The number of carbonyl (C=O) groups is 2. The van der Waals surface area contributed by atoms with Gasteiger partial charge in [-0.2, -0.15) is 0 Å². The normalized spacial score (nSPS) is 13.9. The van der Waals surface area contributed by atoms with Crippen LogP contribution in [-0.4, -0.2) is 33.2 Å². The van der Waals surface area contributed by atoms with Crippen molar-refractivity contribution in [3.05, 3.63) is 30.1 Å². The van der Waals surface area contributed by atoms with Crippen molar-refractivity contribution in [1.82, 2.24) is 4.98 Å². The Kier molecular flexibility index (Phi) is 4.59. The number of pyridine rings is 1. The molecule has 6 heteroatoms. The summed E-state index contributed by atoms with van der Waals surface area (Å²) >= 11 is 0. The lowest BCUT2D eigenvalue weighted by Gasteiger charge is -2.14. The monoisotopic (exact) mass is 238 g/mol. The van der Waals surface area contributed by atoms with E-state index < -0.39 is 23.9 Å². The van der Waals surface area contributed by atoms with Crippen molar-refractivity contribution in [2.75, 3.05) is 0 Å². The number of rotatable bonds is 6. The van der Waals surface area contributed by atoms with E-state index in [1.807, 2.05) is 0 Å². The molecular weight excluding hydrogens is 224 g/mol. The molecule has 1 aromatic heterocycles. The highest BCUT2D eigenvalue weighted by atomic mass is 16.4. The second-order valence-corrected chi connectivity index (χ2v) is 3.78. The lowest BCUT2D eigenvalue weighted by molar-refractivity contribution is -0.143. The first kappa shape index (κ1) is 13.1. The zero-order valence-electron chi connectivity index (χ0n) is 9.11. The molecule has 2 atom stereocenters. The van der Waals surface area contributed by atoms with Crippen molar-refractivity contribution >= 4 is 11.9 Å². The largest absolute Gasteiger partial charge is 0.481 e. The van der Waals surface area contributed by atoms with Crippen molar-refractivity contribution in [2.24, 2.45) is 11.7 Å². The minimum Gasteiger partial charge on any atom is -0.481 e. The van der Waals surface area contributed by atoms with Gasteiger partial charge in [0.1, 0.15) is 6.04 Å². The molecule has 0 aliphatic carbocycles. The highest BCUT2D eigenvalue weighted by Gasteiger charge is 2.24. The van der Waals surface area contributed by atoms with Gasteiger partial charge >= 0.3 is 11.9 Å². The summed E-state index contributed by atoms with van der Waals surface area (Å²) in [5.74, 6) is -3.03. The summed E-state index contributed by atoms with van der Waals surface area (Å²) in [5.41, 5.74) is 6.13. The van der Waals surface area contributed by atoms with Crippen LogP contribution in [0.4, 0.5) is 0 Å². The summed E-state index contributed by atoms with van der Waals surface area (Å²) in [7, 11) is 0.